The molecule has 0 fully saturated rings. The second-order valence-corrected chi connectivity index (χ2v) is 6.09. The molecule has 1 N–H and O–H groups in total. The van der Waals surface area contributed by atoms with Gasteiger partial charge in [-0.1, -0.05) is 17.7 Å². The second-order valence-electron chi connectivity index (χ2n) is 4.67. The van der Waals surface area contributed by atoms with Gasteiger partial charge in [-0.3, -0.25) is 0 Å². The van der Waals surface area contributed by atoms with E-state index in [2.05, 4.69) is 34.5 Å². The number of hydrogen-bond donors (Lipinski definition) is 1. The Morgan fingerprint density at radius 2 is 2.25 bits per heavy atom. The van der Waals surface area contributed by atoms with Crippen LogP contribution in [-0.4, -0.2) is 36.8 Å². The van der Waals surface area contributed by atoms with Gasteiger partial charge >= 0.3 is 0 Å². The van der Waals surface area contributed by atoms with E-state index in [1.54, 1.807) is 7.11 Å². The van der Waals surface area contributed by atoms with Gasteiger partial charge in [0.1, 0.15) is 0 Å². The van der Waals surface area contributed by atoms with Crippen LogP contribution in [0.3, 0.4) is 0 Å². The van der Waals surface area contributed by atoms with Crippen LogP contribution in [0.15, 0.2) is 24.4 Å². The first kappa shape index (κ1) is 15.7. The number of halogens is 1. The lowest BCUT2D eigenvalue weighted by Crippen LogP contribution is -2.18. The molecule has 0 spiro atoms. The van der Waals surface area contributed by atoms with Crippen molar-refractivity contribution < 1.29 is 4.74 Å². The number of nitrogens with zero attached hydrogens (tertiary/aromatic N) is 1. The Morgan fingerprint density at radius 3 is 3.00 bits per heavy atom. The highest BCUT2D eigenvalue weighted by molar-refractivity contribution is 7.98. The predicted molar refractivity (Wildman–Crippen MR) is 88.9 cm³/mol. The largest absolute Gasteiger partial charge is 0.383 e. The molecule has 110 valence electrons. The summed E-state index contributed by atoms with van der Waals surface area (Å²) in [6, 6.07) is 6.12. The molecule has 0 aliphatic rings. The average molecular weight is 313 g/mol. The molecule has 0 saturated carbocycles. The minimum Gasteiger partial charge on any atom is -0.383 e. The molecule has 0 saturated heterocycles. The third kappa shape index (κ3) is 3.92. The Morgan fingerprint density at radius 1 is 1.40 bits per heavy atom. The average Bonchev–Trinajstić information content (AvgIpc) is 2.79. The van der Waals surface area contributed by atoms with Crippen molar-refractivity contribution in [3.8, 4) is 0 Å². The molecular weight excluding hydrogens is 292 g/mol. The second kappa shape index (κ2) is 7.93. The fourth-order valence-electron chi connectivity index (χ4n) is 2.25. The number of fused-ring (bicyclic) bond motifs is 1. The zero-order chi connectivity index (χ0) is 14.4. The number of ether oxygens (including phenoxy) is 1. The van der Waals surface area contributed by atoms with Crippen molar-refractivity contribution in [2.45, 2.75) is 13.1 Å². The van der Waals surface area contributed by atoms with Crippen LogP contribution in [0.25, 0.3) is 10.9 Å². The number of benzene rings is 1. The third-order valence-corrected chi connectivity index (χ3v) is 4.09. The van der Waals surface area contributed by atoms with Gasteiger partial charge in [0, 0.05) is 54.6 Å². The lowest BCUT2D eigenvalue weighted by molar-refractivity contribution is 0.199. The summed E-state index contributed by atoms with van der Waals surface area (Å²) in [7, 11) is 1.72. The molecule has 3 nitrogen and oxygen atoms in total. The number of rotatable bonds is 8. The summed E-state index contributed by atoms with van der Waals surface area (Å²) in [4.78, 5) is 0. The molecule has 2 rings (SSSR count). The predicted octanol–water partition coefficient (Wildman–Crippen LogP) is 3.39. The van der Waals surface area contributed by atoms with Crippen molar-refractivity contribution in [1.82, 2.24) is 9.88 Å². The van der Waals surface area contributed by atoms with E-state index in [0.29, 0.717) is 0 Å². The van der Waals surface area contributed by atoms with Crippen molar-refractivity contribution in [3.05, 3.63) is 35.0 Å². The van der Waals surface area contributed by atoms with Crippen LogP contribution < -0.4 is 5.32 Å². The van der Waals surface area contributed by atoms with E-state index in [-0.39, 0.29) is 0 Å². The zero-order valence-corrected chi connectivity index (χ0v) is 13.6. The van der Waals surface area contributed by atoms with Gasteiger partial charge in [0.15, 0.2) is 0 Å². The van der Waals surface area contributed by atoms with Crippen LogP contribution in [0, 0.1) is 0 Å². The van der Waals surface area contributed by atoms with E-state index in [0.717, 1.165) is 37.0 Å². The molecule has 0 aliphatic heterocycles. The number of methoxy groups -OCH3 is 1. The summed E-state index contributed by atoms with van der Waals surface area (Å²) in [5.74, 6) is 1.10. The molecule has 0 atom stereocenters. The Balaban J connectivity index is 2.20. The summed E-state index contributed by atoms with van der Waals surface area (Å²) < 4.78 is 7.35. The number of hydrogen-bond acceptors (Lipinski definition) is 3. The molecule has 0 aliphatic carbocycles. The highest BCUT2D eigenvalue weighted by Gasteiger charge is 2.08. The van der Waals surface area contributed by atoms with E-state index in [9.17, 15) is 0 Å². The molecule has 0 radical (unpaired) electrons. The van der Waals surface area contributed by atoms with Gasteiger partial charge in [0.2, 0.25) is 0 Å². The Bertz CT molecular complexity index is 556. The van der Waals surface area contributed by atoms with Crippen molar-refractivity contribution in [2.75, 3.05) is 32.3 Å². The standard InChI is InChI=1S/C15H21ClN2OS/c1-19-7-5-17-10-12-11-18(6-8-20-2)15-9-13(16)3-4-14(12)15/h3-4,9,11,17H,5-8,10H2,1-2H3. The number of thioether (sulfide) groups is 1. The highest BCUT2D eigenvalue weighted by atomic mass is 35.5. The lowest BCUT2D eigenvalue weighted by atomic mass is 10.2. The Kier molecular flexibility index (Phi) is 6.23. The van der Waals surface area contributed by atoms with Gasteiger partial charge in [0.25, 0.3) is 0 Å². The van der Waals surface area contributed by atoms with Gasteiger partial charge in [-0.15, -0.1) is 0 Å². The zero-order valence-electron chi connectivity index (χ0n) is 12.0. The van der Waals surface area contributed by atoms with E-state index in [1.807, 2.05) is 17.8 Å². The molecule has 2 aromatic rings. The number of aryl methyl sites for hydroxylation is 1. The molecule has 1 aromatic heterocycles. The van der Waals surface area contributed by atoms with Gasteiger partial charge in [-0.25, -0.2) is 0 Å². The monoisotopic (exact) mass is 312 g/mol. The van der Waals surface area contributed by atoms with Crippen LogP contribution >= 0.6 is 23.4 Å². The molecular formula is C15H21ClN2OS. The maximum Gasteiger partial charge on any atom is 0.0587 e. The van der Waals surface area contributed by atoms with Crippen molar-refractivity contribution in [1.29, 1.82) is 0 Å². The van der Waals surface area contributed by atoms with Crippen molar-refractivity contribution in [2.24, 2.45) is 0 Å². The minimum absolute atomic E-state index is 0.733. The summed E-state index contributed by atoms with van der Waals surface area (Å²) in [6.07, 6.45) is 4.36. The number of aromatic nitrogens is 1. The summed E-state index contributed by atoms with van der Waals surface area (Å²) in [6.45, 7) is 3.46. The van der Waals surface area contributed by atoms with Crippen LogP contribution in [0.5, 0.6) is 0 Å². The van der Waals surface area contributed by atoms with Gasteiger partial charge < -0.3 is 14.6 Å². The van der Waals surface area contributed by atoms with Crippen LogP contribution in [0.4, 0.5) is 0 Å². The SMILES string of the molecule is COCCNCc1cn(CCSC)c2cc(Cl)ccc12. The first-order chi connectivity index (χ1) is 9.76. The fraction of sp³-hybridized carbons (Fsp3) is 0.467. The molecule has 1 aromatic carbocycles. The molecule has 0 amide bonds. The highest BCUT2D eigenvalue weighted by Crippen LogP contribution is 2.25. The normalized spacial score (nSPS) is 11.3. The fourth-order valence-corrected chi connectivity index (χ4v) is 2.80. The lowest BCUT2D eigenvalue weighted by Gasteiger charge is -2.03. The quantitative estimate of drug-likeness (QED) is 0.757. The molecule has 0 unspecified atom stereocenters. The smallest absolute Gasteiger partial charge is 0.0587 e. The summed E-state index contributed by atoms with van der Waals surface area (Å²) >= 11 is 7.99. The van der Waals surface area contributed by atoms with Crippen LogP contribution in [-0.2, 0) is 17.8 Å². The Labute approximate surface area is 129 Å². The van der Waals surface area contributed by atoms with E-state index in [4.69, 9.17) is 16.3 Å². The molecule has 0 bridgehead atoms. The van der Waals surface area contributed by atoms with Crippen LogP contribution in [0.2, 0.25) is 5.02 Å². The maximum absolute atomic E-state index is 6.13. The van der Waals surface area contributed by atoms with Crippen molar-refractivity contribution >= 4 is 34.3 Å². The van der Waals surface area contributed by atoms with Gasteiger partial charge in [-0.05, 0) is 24.0 Å². The van der Waals surface area contributed by atoms with Crippen LogP contribution in [0.1, 0.15) is 5.56 Å². The number of nitrogens with one attached hydrogen (secondary N) is 1. The Hall–Kier alpha value is -0.680. The molecule has 5 heteroatoms. The first-order valence-electron chi connectivity index (χ1n) is 6.72. The summed E-state index contributed by atoms with van der Waals surface area (Å²) in [5.41, 5.74) is 2.53. The molecule has 1 heterocycles. The van der Waals surface area contributed by atoms with E-state index in [1.165, 1.54) is 16.5 Å². The van der Waals surface area contributed by atoms with E-state index < -0.39 is 0 Å². The summed E-state index contributed by atoms with van der Waals surface area (Å²) in [5, 5.41) is 5.47. The van der Waals surface area contributed by atoms with Crippen molar-refractivity contribution in [3.63, 3.8) is 0 Å². The maximum atomic E-state index is 6.13. The topological polar surface area (TPSA) is 26.2 Å². The third-order valence-electron chi connectivity index (χ3n) is 3.26. The van der Waals surface area contributed by atoms with E-state index >= 15 is 0 Å². The minimum atomic E-state index is 0.733. The first-order valence-corrected chi connectivity index (χ1v) is 8.49. The molecule has 20 heavy (non-hydrogen) atoms. The van der Waals surface area contributed by atoms with Gasteiger partial charge in [0.05, 0.1) is 6.61 Å². The van der Waals surface area contributed by atoms with Gasteiger partial charge in [-0.2, -0.15) is 11.8 Å².